The fraction of sp³-hybridized carbons (Fsp3) is 0.519. The molecule has 4 aromatic heterocycles. The Hall–Kier alpha value is -2.71. The Kier molecular flexibility index (Phi) is 5.68. The lowest BCUT2D eigenvalue weighted by atomic mass is 9.90. The van der Waals surface area contributed by atoms with Gasteiger partial charge in [-0.05, 0) is 80.7 Å². The van der Waals surface area contributed by atoms with E-state index in [1.165, 1.54) is 31.9 Å². The molecule has 6 rings (SSSR count). The minimum Gasteiger partial charge on any atom is -0.346 e. The number of amides is 1. The van der Waals surface area contributed by atoms with Gasteiger partial charge in [-0.25, -0.2) is 9.50 Å². The van der Waals surface area contributed by atoms with E-state index in [2.05, 4.69) is 65.2 Å². The summed E-state index contributed by atoms with van der Waals surface area (Å²) in [5.74, 6) is 1.23. The van der Waals surface area contributed by atoms with E-state index in [0.717, 1.165) is 62.1 Å². The van der Waals surface area contributed by atoms with Crippen LogP contribution in [0.4, 0.5) is 0 Å². The van der Waals surface area contributed by atoms with Crippen LogP contribution >= 0.6 is 11.3 Å². The molecule has 2 fully saturated rings. The summed E-state index contributed by atoms with van der Waals surface area (Å²) in [7, 11) is 0. The van der Waals surface area contributed by atoms with E-state index in [0.29, 0.717) is 17.7 Å². The Labute approximate surface area is 209 Å². The summed E-state index contributed by atoms with van der Waals surface area (Å²) in [6, 6.07) is 2.26. The SMILES string of the molecule is Cc1c(C2CCN(C(=O)[C@H]3CCCN3)CC2)sc2[nH]c(-c3cc(C)c4ncnn4c3)c(C(C)C)c12. The van der Waals surface area contributed by atoms with Gasteiger partial charge in [0.2, 0.25) is 5.91 Å². The average molecular weight is 491 g/mol. The molecule has 35 heavy (non-hydrogen) atoms. The van der Waals surface area contributed by atoms with Gasteiger partial charge < -0.3 is 15.2 Å². The topological polar surface area (TPSA) is 78.3 Å². The molecule has 1 atom stereocenters. The second-order valence-electron chi connectivity index (χ2n) is 10.6. The number of aromatic nitrogens is 4. The Morgan fingerprint density at radius 3 is 2.71 bits per heavy atom. The highest BCUT2D eigenvalue weighted by molar-refractivity contribution is 7.19. The van der Waals surface area contributed by atoms with Gasteiger partial charge in [0.15, 0.2) is 5.65 Å². The molecular weight excluding hydrogens is 456 g/mol. The molecule has 0 aromatic carbocycles. The van der Waals surface area contributed by atoms with Gasteiger partial charge in [-0.2, -0.15) is 5.10 Å². The molecule has 2 N–H and O–H groups in total. The fourth-order valence-electron chi connectivity index (χ4n) is 6.15. The first-order valence-electron chi connectivity index (χ1n) is 12.9. The number of fused-ring (bicyclic) bond motifs is 2. The predicted molar refractivity (Wildman–Crippen MR) is 141 cm³/mol. The minimum absolute atomic E-state index is 0.0422. The third-order valence-corrected chi connectivity index (χ3v) is 9.29. The summed E-state index contributed by atoms with van der Waals surface area (Å²) in [6.07, 6.45) is 7.89. The number of carbonyl (C=O) groups excluding carboxylic acids is 1. The molecule has 8 heteroatoms. The number of aryl methyl sites for hydroxylation is 2. The second-order valence-corrected chi connectivity index (χ2v) is 11.6. The van der Waals surface area contributed by atoms with Crippen molar-refractivity contribution >= 4 is 33.1 Å². The summed E-state index contributed by atoms with van der Waals surface area (Å²) < 4.78 is 1.87. The van der Waals surface area contributed by atoms with Gasteiger partial charge in [-0.1, -0.05) is 13.8 Å². The lowest BCUT2D eigenvalue weighted by molar-refractivity contribution is -0.134. The Morgan fingerprint density at radius 2 is 2.00 bits per heavy atom. The van der Waals surface area contributed by atoms with E-state index in [-0.39, 0.29) is 6.04 Å². The Morgan fingerprint density at radius 1 is 1.20 bits per heavy atom. The number of H-pyrrole nitrogens is 1. The van der Waals surface area contributed by atoms with Crippen LogP contribution < -0.4 is 5.32 Å². The molecule has 184 valence electrons. The van der Waals surface area contributed by atoms with Crippen molar-refractivity contribution in [3.05, 3.63) is 40.2 Å². The van der Waals surface area contributed by atoms with Crippen molar-refractivity contribution < 1.29 is 4.79 Å². The van der Waals surface area contributed by atoms with Crippen LogP contribution in [-0.4, -0.2) is 56.1 Å². The first kappa shape index (κ1) is 22.7. The van der Waals surface area contributed by atoms with Gasteiger partial charge in [0, 0.05) is 35.1 Å². The molecule has 0 spiro atoms. The van der Waals surface area contributed by atoms with Crippen molar-refractivity contribution in [2.24, 2.45) is 0 Å². The van der Waals surface area contributed by atoms with E-state index in [1.807, 2.05) is 15.9 Å². The number of likely N-dealkylation sites (tertiary alicyclic amines) is 1. The number of pyridine rings is 1. The van der Waals surface area contributed by atoms with E-state index >= 15 is 0 Å². The number of piperidine rings is 1. The van der Waals surface area contributed by atoms with Crippen LogP contribution in [0.25, 0.3) is 27.1 Å². The molecular formula is C27H34N6OS. The van der Waals surface area contributed by atoms with E-state index in [4.69, 9.17) is 0 Å². The van der Waals surface area contributed by atoms with Gasteiger partial charge in [0.1, 0.15) is 11.2 Å². The summed E-state index contributed by atoms with van der Waals surface area (Å²) >= 11 is 1.92. The smallest absolute Gasteiger partial charge is 0.239 e. The minimum atomic E-state index is 0.0422. The molecule has 7 nitrogen and oxygen atoms in total. The van der Waals surface area contributed by atoms with E-state index in [1.54, 1.807) is 6.33 Å². The number of nitrogens with zero attached hydrogens (tertiary/aromatic N) is 4. The maximum atomic E-state index is 12.8. The van der Waals surface area contributed by atoms with Crippen molar-refractivity contribution in [1.29, 1.82) is 0 Å². The Bertz CT molecular complexity index is 1400. The molecule has 0 bridgehead atoms. The van der Waals surface area contributed by atoms with Crippen LogP contribution in [0.15, 0.2) is 18.6 Å². The highest BCUT2D eigenvalue weighted by Gasteiger charge is 2.32. The molecule has 6 heterocycles. The Balaban J connectivity index is 1.31. The van der Waals surface area contributed by atoms with Gasteiger partial charge in [0.05, 0.1) is 11.7 Å². The molecule has 2 aliphatic heterocycles. The van der Waals surface area contributed by atoms with Gasteiger partial charge >= 0.3 is 0 Å². The van der Waals surface area contributed by atoms with E-state index in [9.17, 15) is 4.79 Å². The first-order chi connectivity index (χ1) is 16.9. The van der Waals surface area contributed by atoms with Crippen molar-refractivity contribution in [2.45, 2.75) is 71.3 Å². The van der Waals surface area contributed by atoms with Gasteiger partial charge in [0.25, 0.3) is 0 Å². The van der Waals surface area contributed by atoms with Crippen molar-refractivity contribution in [2.75, 3.05) is 19.6 Å². The zero-order chi connectivity index (χ0) is 24.3. The molecule has 1 amide bonds. The number of hydrogen-bond acceptors (Lipinski definition) is 5. The van der Waals surface area contributed by atoms with Crippen molar-refractivity contribution in [3.8, 4) is 11.3 Å². The molecule has 2 saturated heterocycles. The zero-order valence-electron chi connectivity index (χ0n) is 21.0. The predicted octanol–water partition coefficient (Wildman–Crippen LogP) is 5.14. The number of aromatic amines is 1. The highest BCUT2D eigenvalue weighted by atomic mass is 32.1. The summed E-state index contributed by atoms with van der Waals surface area (Å²) in [5, 5.41) is 9.13. The van der Waals surface area contributed by atoms with Crippen LogP contribution in [0.3, 0.4) is 0 Å². The lowest BCUT2D eigenvalue weighted by Crippen LogP contribution is -2.46. The van der Waals surface area contributed by atoms with Crippen molar-refractivity contribution in [3.63, 3.8) is 0 Å². The van der Waals surface area contributed by atoms with Crippen LogP contribution in [0.2, 0.25) is 0 Å². The number of carbonyl (C=O) groups is 1. The zero-order valence-corrected chi connectivity index (χ0v) is 21.8. The maximum absolute atomic E-state index is 12.8. The maximum Gasteiger partial charge on any atom is 0.239 e. The van der Waals surface area contributed by atoms with Gasteiger partial charge in [-0.3, -0.25) is 4.79 Å². The first-order valence-corrected chi connectivity index (χ1v) is 13.7. The fourth-order valence-corrected chi connectivity index (χ4v) is 7.55. The number of thiophene rings is 1. The summed E-state index contributed by atoms with van der Waals surface area (Å²) in [4.78, 5) is 25.9. The normalized spacial score (nSPS) is 19.6. The molecule has 0 radical (unpaired) electrons. The van der Waals surface area contributed by atoms with Crippen LogP contribution in [0, 0.1) is 13.8 Å². The quantitative estimate of drug-likeness (QED) is 0.415. The third-order valence-electron chi connectivity index (χ3n) is 7.92. The summed E-state index contributed by atoms with van der Waals surface area (Å²) in [5.41, 5.74) is 7.18. The average Bonchev–Trinajstić information content (AvgIpc) is 3.63. The molecule has 0 saturated carbocycles. The van der Waals surface area contributed by atoms with Crippen molar-refractivity contribution in [1.82, 2.24) is 29.8 Å². The lowest BCUT2D eigenvalue weighted by Gasteiger charge is -2.33. The number of hydrogen-bond donors (Lipinski definition) is 2. The van der Waals surface area contributed by atoms with Crippen LogP contribution in [-0.2, 0) is 4.79 Å². The summed E-state index contributed by atoms with van der Waals surface area (Å²) in [6.45, 7) is 11.7. The van der Waals surface area contributed by atoms with E-state index < -0.39 is 0 Å². The van der Waals surface area contributed by atoms with Crippen LogP contribution in [0.5, 0.6) is 0 Å². The second kappa shape index (κ2) is 8.75. The molecule has 0 aliphatic carbocycles. The number of nitrogens with one attached hydrogen (secondary N) is 2. The third kappa shape index (κ3) is 3.78. The van der Waals surface area contributed by atoms with Crippen LogP contribution in [0.1, 0.15) is 72.9 Å². The molecule has 2 aliphatic rings. The highest BCUT2D eigenvalue weighted by Crippen LogP contribution is 2.46. The largest absolute Gasteiger partial charge is 0.346 e. The standard InChI is InChI=1S/C27H34N6OS/c1-15(2)21-22-17(4)24(18-7-10-32(11-8-18)27(34)20-6-5-9-28-20)35-26(22)31-23(21)19-12-16(3)25-29-14-30-33(25)13-19/h12-15,18,20,28,31H,5-11H2,1-4H3/t20-/m1/s1. The van der Waals surface area contributed by atoms with Gasteiger partial charge in [-0.15, -0.1) is 11.3 Å². The molecule has 4 aromatic rings. The molecule has 0 unspecified atom stereocenters. The number of rotatable bonds is 4. The monoisotopic (exact) mass is 490 g/mol.